The second kappa shape index (κ2) is 3.85. The Balaban J connectivity index is 3.00. The van der Waals surface area contributed by atoms with E-state index in [9.17, 15) is 4.79 Å². The molecule has 0 aromatic carbocycles. The number of hydrogen-bond donors (Lipinski definition) is 1. The average Bonchev–Trinajstić information content (AvgIpc) is 2.45. The van der Waals surface area contributed by atoms with Crippen LogP contribution in [0.1, 0.15) is 20.4 Å². The van der Waals surface area contributed by atoms with Crippen molar-refractivity contribution in [1.29, 1.82) is 0 Å². The van der Waals surface area contributed by atoms with Crippen molar-refractivity contribution in [1.82, 2.24) is 9.88 Å². The molecule has 0 bridgehead atoms. The van der Waals surface area contributed by atoms with Gasteiger partial charge >= 0.3 is 0 Å². The number of hydrogen-bond acceptors (Lipinski definition) is 4. The first kappa shape index (κ1) is 10.1. The van der Waals surface area contributed by atoms with E-state index >= 15 is 0 Å². The Kier molecular flexibility index (Phi) is 3.00. The second-order valence-corrected chi connectivity index (χ2v) is 4.20. The van der Waals surface area contributed by atoms with Crippen molar-refractivity contribution in [3.63, 3.8) is 0 Å². The van der Waals surface area contributed by atoms with Crippen molar-refractivity contribution in [2.45, 2.75) is 13.5 Å². The molecule has 0 unspecified atom stereocenters. The summed E-state index contributed by atoms with van der Waals surface area (Å²) >= 11 is 1.48. The van der Waals surface area contributed by atoms with Crippen LogP contribution < -0.4 is 5.73 Å². The lowest BCUT2D eigenvalue weighted by Gasteiger charge is -2.07. The normalized spacial score (nSPS) is 10.2. The van der Waals surface area contributed by atoms with Crippen LogP contribution in [0.3, 0.4) is 0 Å². The third kappa shape index (κ3) is 2.05. The Morgan fingerprint density at radius 2 is 2.23 bits per heavy atom. The number of thiazole rings is 1. The Morgan fingerprint density at radius 3 is 2.62 bits per heavy atom. The van der Waals surface area contributed by atoms with E-state index in [1.165, 1.54) is 16.2 Å². The number of amides is 1. The monoisotopic (exact) mass is 199 g/mol. The van der Waals surface area contributed by atoms with Crippen LogP contribution in [0.4, 0.5) is 0 Å². The first-order chi connectivity index (χ1) is 6.06. The third-order valence-corrected chi connectivity index (χ3v) is 2.62. The molecular formula is C8H13N3OS. The van der Waals surface area contributed by atoms with Gasteiger partial charge in [0.15, 0.2) is 0 Å². The van der Waals surface area contributed by atoms with E-state index in [2.05, 4.69) is 4.98 Å². The summed E-state index contributed by atoms with van der Waals surface area (Å²) in [5, 5.41) is 0.808. The minimum Gasteiger partial charge on any atom is -0.343 e. The van der Waals surface area contributed by atoms with Crippen LogP contribution >= 0.6 is 11.3 Å². The van der Waals surface area contributed by atoms with Crippen molar-refractivity contribution in [3.8, 4) is 0 Å². The highest BCUT2D eigenvalue weighted by atomic mass is 32.1. The maximum Gasteiger partial charge on any atom is 0.273 e. The van der Waals surface area contributed by atoms with Crippen molar-refractivity contribution in [3.05, 3.63) is 15.6 Å². The third-order valence-electron chi connectivity index (χ3n) is 1.62. The molecule has 0 fully saturated rings. The lowest BCUT2D eigenvalue weighted by Crippen LogP contribution is -2.22. The maximum absolute atomic E-state index is 11.5. The van der Waals surface area contributed by atoms with E-state index in [0.29, 0.717) is 12.2 Å². The van der Waals surface area contributed by atoms with Gasteiger partial charge in [0, 0.05) is 25.5 Å². The molecule has 0 saturated carbocycles. The number of nitrogens with two attached hydrogens (primary N) is 1. The molecule has 0 atom stereocenters. The van der Waals surface area contributed by atoms with Crippen molar-refractivity contribution >= 4 is 17.2 Å². The number of nitrogens with zero attached hydrogens (tertiary/aromatic N) is 2. The summed E-state index contributed by atoms with van der Waals surface area (Å²) < 4.78 is 0. The zero-order chi connectivity index (χ0) is 10.0. The lowest BCUT2D eigenvalue weighted by atomic mass is 10.3. The Morgan fingerprint density at radius 1 is 1.62 bits per heavy atom. The Bertz CT molecular complexity index is 319. The van der Waals surface area contributed by atoms with Gasteiger partial charge in [0.1, 0.15) is 10.7 Å². The molecular weight excluding hydrogens is 186 g/mol. The molecule has 13 heavy (non-hydrogen) atoms. The fraction of sp³-hybridized carbons (Fsp3) is 0.500. The average molecular weight is 199 g/mol. The molecule has 4 nitrogen and oxygen atoms in total. The van der Waals surface area contributed by atoms with Crippen molar-refractivity contribution in [2.24, 2.45) is 5.73 Å². The van der Waals surface area contributed by atoms with E-state index in [0.717, 1.165) is 9.88 Å². The smallest absolute Gasteiger partial charge is 0.273 e. The maximum atomic E-state index is 11.5. The summed E-state index contributed by atoms with van der Waals surface area (Å²) in [5.74, 6) is -0.0616. The number of carbonyl (C=O) groups is 1. The van der Waals surface area contributed by atoms with Crippen LogP contribution in [0.15, 0.2) is 0 Å². The van der Waals surface area contributed by atoms with E-state index in [-0.39, 0.29) is 5.91 Å². The van der Waals surface area contributed by atoms with E-state index < -0.39 is 0 Å². The molecule has 0 aliphatic rings. The highest BCUT2D eigenvalue weighted by Crippen LogP contribution is 2.17. The number of aromatic nitrogens is 1. The van der Waals surface area contributed by atoms with Crippen molar-refractivity contribution < 1.29 is 4.79 Å². The molecule has 0 spiro atoms. The van der Waals surface area contributed by atoms with E-state index in [1.54, 1.807) is 14.1 Å². The molecule has 0 saturated heterocycles. The summed E-state index contributed by atoms with van der Waals surface area (Å²) in [6.07, 6.45) is 0. The Labute approximate surface area is 81.4 Å². The first-order valence-corrected chi connectivity index (χ1v) is 4.76. The summed E-state index contributed by atoms with van der Waals surface area (Å²) in [5.41, 5.74) is 5.95. The Hall–Kier alpha value is -0.940. The van der Waals surface area contributed by atoms with Gasteiger partial charge in [-0.3, -0.25) is 4.79 Å². The second-order valence-electron chi connectivity index (χ2n) is 2.92. The molecule has 1 heterocycles. The zero-order valence-electron chi connectivity index (χ0n) is 8.00. The standard InChI is InChI=1S/C8H13N3OS/c1-5-7(8(12)11(2)3)10-6(4-9)13-5/h4,9H2,1-3H3. The van der Waals surface area contributed by atoms with Crippen LogP contribution in [-0.4, -0.2) is 29.9 Å². The lowest BCUT2D eigenvalue weighted by molar-refractivity contribution is 0.0822. The van der Waals surface area contributed by atoms with Gasteiger partial charge < -0.3 is 10.6 Å². The van der Waals surface area contributed by atoms with Crippen LogP contribution in [0.25, 0.3) is 0 Å². The largest absolute Gasteiger partial charge is 0.343 e. The number of carbonyl (C=O) groups excluding carboxylic acids is 1. The van der Waals surface area contributed by atoms with Crippen LogP contribution in [0.2, 0.25) is 0 Å². The van der Waals surface area contributed by atoms with Gasteiger partial charge in [-0.15, -0.1) is 11.3 Å². The zero-order valence-corrected chi connectivity index (χ0v) is 8.81. The first-order valence-electron chi connectivity index (χ1n) is 3.94. The van der Waals surface area contributed by atoms with Crippen molar-refractivity contribution in [2.75, 3.05) is 14.1 Å². The van der Waals surface area contributed by atoms with Gasteiger partial charge in [-0.1, -0.05) is 0 Å². The predicted molar refractivity (Wildman–Crippen MR) is 52.8 cm³/mol. The van der Waals surface area contributed by atoms with Gasteiger partial charge in [-0.2, -0.15) is 0 Å². The molecule has 5 heteroatoms. The van der Waals surface area contributed by atoms with Gasteiger partial charge in [0.25, 0.3) is 5.91 Å². The molecule has 2 N–H and O–H groups in total. The summed E-state index contributed by atoms with van der Waals surface area (Å²) in [6.45, 7) is 2.28. The minimum atomic E-state index is -0.0616. The minimum absolute atomic E-state index is 0.0616. The van der Waals surface area contributed by atoms with Gasteiger partial charge in [0.2, 0.25) is 0 Å². The summed E-state index contributed by atoms with van der Waals surface area (Å²) in [7, 11) is 3.42. The number of aryl methyl sites for hydroxylation is 1. The molecule has 1 aromatic rings. The molecule has 0 aliphatic carbocycles. The van der Waals surface area contributed by atoms with Crippen LogP contribution in [0, 0.1) is 6.92 Å². The van der Waals surface area contributed by atoms with E-state index in [4.69, 9.17) is 5.73 Å². The molecule has 0 radical (unpaired) electrons. The fourth-order valence-corrected chi connectivity index (χ4v) is 1.75. The number of rotatable bonds is 2. The fourth-order valence-electron chi connectivity index (χ4n) is 0.949. The highest BCUT2D eigenvalue weighted by Gasteiger charge is 2.15. The van der Waals surface area contributed by atoms with Crippen LogP contribution in [0.5, 0.6) is 0 Å². The summed E-state index contributed by atoms with van der Waals surface area (Å²) in [4.78, 5) is 18.1. The van der Waals surface area contributed by atoms with E-state index in [1.807, 2.05) is 6.92 Å². The molecule has 1 aromatic heterocycles. The van der Waals surface area contributed by atoms with Crippen LogP contribution in [-0.2, 0) is 6.54 Å². The quantitative estimate of drug-likeness (QED) is 0.759. The molecule has 72 valence electrons. The van der Waals surface area contributed by atoms with Gasteiger partial charge in [0.05, 0.1) is 0 Å². The topological polar surface area (TPSA) is 59.2 Å². The molecule has 0 aliphatic heterocycles. The molecule has 1 amide bonds. The summed E-state index contributed by atoms with van der Waals surface area (Å²) in [6, 6.07) is 0. The SMILES string of the molecule is Cc1sc(CN)nc1C(=O)N(C)C. The van der Waals surface area contributed by atoms with Gasteiger partial charge in [-0.25, -0.2) is 4.98 Å². The van der Waals surface area contributed by atoms with Gasteiger partial charge in [-0.05, 0) is 6.92 Å². The predicted octanol–water partition coefficient (Wildman–Crippen LogP) is 0.612. The highest BCUT2D eigenvalue weighted by molar-refractivity contribution is 7.11. The molecule has 1 rings (SSSR count).